The molecule has 2 aromatic heterocycles. The van der Waals surface area contributed by atoms with Crippen LogP contribution in [0.25, 0.3) is 10.6 Å². The predicted molar refractivity (Wildman–Crippen MR) is 161 cm³/mol. The number of anilines is 1. The van der Waals surface area contributed by atoms with Crippen molar-refractivity contribution in [3.05, 3.63) is 64.3 Å². The largest absolute Gasteiger partial charge is 0.481 e. The van der Waals surface area contributed by atoms with Crippen LogP contribution in [0.1, 0.15) is 74.4 Å². The van der Waals surface area contributed by atoms with Gasteiger partial charge in [0.05, 0.1) is 34.9 Å². The monoisotopic (exact) mass is 648 g/mol. The van der Waals surface area contributed by atoms with Crippen LogP contribution in [0, 0.1) is 11.8 Å². The number of nitrogens with zero attached hydrogens (tertiary/aromatic N) is 4. The molecular weight excluding hydrogens is 612 g/mol. The molecule has 13 heteroatoms. The summed E-state index contributed by atoms with van der Waals surface area (Å²) in [5.74, 6) is 0.356. The molecule has 0 bridgehead atoms. The molecule has 45 heavy (non-hydrogen) atoms. The number of rotatable bonds is 11. The third kappa shape index (κ3) is 7.57. The zero-order chi connectivity index (χ0) is 32.3. The Morgan fingerprint density at radius 3 is 2.53 bits per heavy atom. The standard InChI is InChI=1S/C32H36F4N4O4S/c1-3-39(17-21-8-6-20(7-9-21)13-28(41)42)30-26(38-25(16-37-30)27-5-4-10-45-27)18-40-19(2)29(44-31(40)43)23-11-22(15-33)12-24(14-23)32(34,35)36/h4-5,10-12,14,16,19-21,29H,3,6-9,13,15,17-18H2,1-2H3,(H,41,42)/t19-,20?,21?,29?/m0/s1. The average molecular weight is 649 g/mol. The lowest BCUT2D eigenvalue weighted by Gasteiger charge is -2.33. The number of halogens is 4. The first-order valence-electron chi connectivity index (χ1n) is 15.1. The number of aromatic nitrogens is 2. The van der Waals surface area contributed by atoms with Crippen LogP contribution in [0.3, 0.4) is 0 Å². The number of carboxylic acid groups (broad SMARTS) is 1. The maximum absolute atomic E-state index is 13.6. The van der Waals surface area contributed by atoms with Crippen molar-refractivity contribution in [3.8, 4) is 10.6 Å². The summed E-state index contributed by atoms with van der Waals surface area (Å²) >= 11 is 1.50. The van der Waals surface area contributed by atoms with Crippen molar-refractivity contribution in [2.75, 3.05) is 18.0 Å². The van der Waals surface area contributed by atoms with E-state index in [0.29, 0.717) is 36.2 Å². The van der Waals surface area contributed by atoms with E-state index in [0.717, 1.165) is 42.7 Å². The van der Waals surface area contributed by atoms with E-state index in [9.17, 15) is 27.2 Å². The average Bonchev–Trinajstić information content (AvgIpc) is 3.65. The summed E-state index contributed by atoms with van der Waals surface area (Å²) in [7, 11) is 0. The normalized spacial score (nSPS) is 22.0. The van der Waals surface area contributed by atoms with Crippen LogP contribution in [-0.4, -0.2) is 51.2 Å². The third-order valence-corrected chi connectivity index (χ3v) is 9.62. The van der Waals surface area contributed by atoms with E-state index < -0.39 is 42.6 Å². The molecule has 3 heterocycles. The van der Waals surface area contributed by atoms with Crippen molar-refractivity contribution >= 4 is 29.2 Å². The second-order valence-electron chi connectivity index (χ2n) is 11.8. The van der Waals surface area contributed by atoms with Gasteiger partial charge in [-0.3, -0.25) is 9.69 Å². The topological polar surface area (TPSA) is 95.9 Å². The Morgan fingerprint density at radius 2 is 1.91 bits per heavy atom. The van der Waals surface area contributed by atoms with E-state index in [1.807, 2.05) is 24.4 Å². The summed E-state index contributed by atoms with van der Waals surface area (Å²) in [5, 5.41) is 11.1. The smallest absolute Gasteiger partial charge is 0.416 e. The molecule has 242 valence electrons. The van der Waals surface area contributed by atoms with Gasteiger partial charge in [-0.15, -0.1) is 11.3 Å². The van der Waals surface area contributed by atoms with Crippen LogP contribution in [0.15, 0.2) is 41.9 Å². The van der Waals surface area contributed by atoms with E-state index in [1.54, 1.807) is 13.1 Å². The first-order valence-corrected chi connectivity index (χ1v) is 16.0. The van der Waals surface area contributed by atoms with Gasteiger partial charge < -0.3 is 14.7 Å². The minimum atomic E-state index is -4.68. The van der Waals surface area contributed by atoms with E-state index in [4.69, 9.17) is 19.8 Å². The molecular formula is C32H36F4N4O4S. The van der Waals surface area contributed by atoms with Crippen molar-refractivity contribution in [1.82, 2.24) is 14.9 Å². The number of alkyl halides is 4. The van der Waals surface area contributed by atoms with E-state index >= 15 is 0 Å². The Balaban J connectivity index is 1.41. The minimum Gasteiger partial charge on any atom is -0.481 e. The van der Waals surface area contributed by atoms with Crippen LogP contribution in [-0.2, 0) is 28.9 Å². The van der Waals surface area contributed by atoms with Gasteiger partial charge in [-0.1, -0.05) is 6.07 Å². The van der Waals surface area contributed by atoms with Crippen molar-refractivity contribution in [1.29, 1.82) is 0 Å². The van der Waals surface area contributed by atoms with Gasteiger partial charge in [-0.2, -0.15) is 13.2 Å². The number of hydrogen-bond acceptors (Lipinski definition) is 7. The molecule has 3 aromatic rings. The minimum absolute atomic E-state index is 0.00876. The van der Waals surface area contributed by atoms with Gasteiger partial charge >= 0.3 is 18.2 Å². The van der Waals surface area contributed by atoms with Crippen molar-refractivity contribution in [2.24, 2.45) is 11.8 Å². The van der Waals surface area contributed by atoms with Gasteiger partial charge in [0, 0.05) is 19.5 Å². The molecule has 1 saturated heterocycles. The van der Waals surface area contributed by atoms with Gasteiger partial charge in [0.2, 0.25) is 0 Å². The number of carbonyl (C=O) groups excluding carboxylic acids is 1. The summed E-state index contributed by atoms with van der Waals surface area (Å²) in [6.45, 7) is 3.93. The molecule has 5 rings (SSSR count). The second kappa shape index (κ2) is 13.7. The second-order valence-corrected chi connectivity index (χ2v) is 12.7. The molecule has 1 N–H and O–H groups in total. The molecule has 1 unspecified atom stereocenters. The van der Waals surface area contributed by atoms with Crippen LogP contribution in [0.5, 0.6) is 0 Å². The zero-order valence-corrected chi connectivity index (χ0v) is 25.9. The lowest BCUT2D eigenvalue weighted by molar-refractivity contribution is -0.139. The molecule has 1 saturated carbocycles. The van der Waals surface area contributed by atoms with Gasteiger partial charge in [0.1, 0.15) is 18.5 Å². The number of cyclic esters (lactones) is 1. The number of ether oxygens (including phenoxy) is 1. The highest BCUT2D eigenvalue weighted by atomic mass is 32.1. The first-order chi connectivity index (χ1) is 21.5. The number of amides is 1. The fourth-order valence-corrected chi connectivity index (χ4v) is 7.00. The number of aliphatic carboxylic acids is 1. The number of benzene rings is 1. The van der Waals surface area contributed by atoms with Crippen molar-refractivity contribution in [3.63, 3.8) is 0 Å². The Bertz CT molecular complexity index is 1490. The fraction of sp³-hybridized carbons (Fsp3) is 0.500. The summed E-state index contributed by atoms with van der Waals surface area (Å²) < 4.78 is 59.8. The number of thiophene rings is 1. The fourth-order valence-electron chi connectivity index (χ4n) is 6.32. The summed E-state index contributed by atoms with van der Waals surface area (Å²) in [4.78, 5) is 38.5. The molecule has 0 spiro atoms. The highest BCUT2D eigenvalue weighted by molar-refractivity contribution is 7.13. The summed E-state index contributed by atoms with van der Waals surface area (Å²) in [5.41, 5.74) is 0.0975. The SMILES string of the molecule is CCN(CC1CCC(CC(=O)O)CC1)c1ncc(-c2cccs2)nc1CN1C(=O)OC(c2cc(CF)cc(C(F)(F)F)c2)[C@@H]1C. The third-order valence-electron chi connectivity index (χ3n) is 8.72. The van der Waals surface area contributed by atoms with Crippen molar-refractivity contribution < 1.29 is 37.0 Å². The first kappa shape index (κ1) is 32.6. The number of carboxylic acids is 1. The Hall–Kier alpha value is -3.74. The number of hydrogen-bond donors (Lipinski definition) is 1. The summed E-state index contributed by atoms with van der Waals surface area (Å²) in [6, 6.07) is 6.12. The highest BCUT2D eigenvalue weighted by Gasteiger charge is 2.42. The van der Waals surface area contributed by atoms with Gasteiger partial charge in [0.15, 0.2) is 5.82 Å². The van der Waals surface area contributed by atoms with E-state index in [2.05, 4.69) is 4.90 Å². The predicted octanol–water partition coefficient (Wildman–Crippen LogP) is 7.88. The number of carbonyl (C=O) groups is 2. The lowest BCUT2D eigenvalue weighted by atomic mass is 9.80. The molecule has 0 radical (unpaired) electrons. The molecule has 2 fully saturated rings. The Labute approximate surface area is 263 Å². The molecule has 8 nitrogen and oxygen atoms in total. The maximum Gasteiger partial charge on any atom is 0.416 e. The molecule has 1 amide bonds. The summed E-state index contributed by atoms with van der Waals surface area (Å²) in [6.07, 6.45) is -1.04. The zero-order valence-electron chi connectivity index (χ0n) is 25.1. The molecule has 1 aromatic carbocycles. The quantitative estimate of drug-likeness (QED) is 0.211. The van der Waals surface area contributed by atoms with Crippen LogP contribution in [0.2, 0.25) is 0 Å². The molecule has 2 aliphatic rings. The Morgan fingerprint density at radius 1 is 1.18 bits per heavy atom. The lowest BCUT2D eigenvalue weighted by Crippen LogP contribution is -2.36. The van der Waals surface area contributed by atoms with E-state index in [1.165, 1.54) is 22.3 Å². The van der Waals surface area contributed by atoms with Gasteiger partial charge in [0.25, 0.3) is 0 Å². The van der Waals surface area contributed by atoms with Gasteiger partial charge in [-0.05, 0) is 92.1 Å². The van der Waals surface area contributed by atoms with Crippen LogP contribution >= 0.6 is 11.3 Å². The molecule has 2 atom stereocenters. The van der Waals surface area contributed by atoms with Crippen LogP contribution in [0.4, 0.5) is 28.2 Å². The molecule has 1 aliphatic heterocycles. The molecule has 1 aliphatic carbocycles. The highest BCUT2D eigenvalue weighted by Crippen LogP contribution is 2.39. The van der Waals surface area contributed by atoms with Crippen molar-refractivity contribution in [2.45, 2.75) is 77.5 Å². The van der Waals surface area contributed by atoms with Crippen LogP contribution < -0.4 is 4.90 Å². The van der Waals surface area contributed by atoms with Gasteiger partial charge in [-0.25, -0.2) is 19.2 Å². The maximum atomic E-state index is 13.6. The van der Waals surface area contributed by atoms with E-state index in [-0.39, 0.29) is 30.0 Å². The Kier molecular flexibility index (Phi) is 9.95.